The maximum Gasteiger partial charge on any atom is 0.488 e. The van der Waals surface area contributed by atoms with Gasteiger partial charge in [0.05, 0.1) is 18.4 Å². The van der Waals surface area contributed by atoms with Gasteiger partial charge in [0.2, 0.25) is 0 Å². The molecule has 0 amide bonds. The lowest BCUT2D eigenvalue weighted by Gasteiger charge is -2.25. The largest absolute Gasteiger partial charge is 0.488 e. The van der Waals surface area contributed by atoms with Gasteiger partial charge in [-0.15, -0.1) is 0 Å². The third-order valence-electron chi connectivity index (χ3n) is 3.80. The molecule has 106 valence electrons. The van der Waals surface area contributed by atoms with Crippen molar-refractivity contribution in [2.75, 3.05) is 6.61 Å². The third-order valence-corrected chi connectivity index (χ3v) is 3.80. The van der Waals surface area contributed by atoms with Crippen LogP contribution in [-0.4, -0.2) is 40.8 Å². The molecule has 0 saturated carbocycles. The molecule has 2 N–H and O–H groups in total. The maximum absolute atomic E-state index is 11.8. The Morgan fingerprint density at radius 3 is 3.05 bits per heavy atom. The Kier molecular flexibility index (Phi) is 3.49. The zero-order chi connectivity index (χ0) is 14.3. The third kappa shape index (κ3) is 2.22. The van der Waals surface area contributed by atoms with E-state index in [0.29, 0.717) is 17.6 Å². The smallest absolute Gasteiger partial charge is 0.461 e. The SMILES string of the molecule is CCOC(=O)c1cc(B(O)O)c2c(n1)C1CCC(C2)O1. The van der Waals surface area contributed by atoms with Crippen molar-refractivity contribution in [1.29, 1.82) is 0 Å². The number of fused-ring (bicyclic) bond motifs is 4. The molecule has 2 aliphatic heterocycles. The van der Waals surface area contributed by atoms with Crippen LogP contribution in [0.1, 0.15) is 47.6 Å². The minimum absolute atomic E-state index is 0.0997. The van der Waals surface area contributed by atoms with Gasteiger partial charge in [-0.3, -0.25) is 0 Å². The molecule has 1 aromatic heterocycles. The average molecular weight is 277 g/mol. The first-order valence-corrected chi connectivity index (χ1v) is 6.82. The molecule has 2 aliphatic rings. The molecule has 3 heterocycles. The van der Waals surface area contributed by atoms with Crippen molar-refractivity contribution in [2.45, 2.75) is 38.4 Å². The molecule has 1 saturated heterocycles. The molecule has 2 unspecified atom stereocenters. The van der Waals surface area contributed by atoms with Crippen LogP contribution in [-0.2, 0) is 15.9 Å². The molecule has 0 radical (unpaired) electrons. The maximum atomic E-state index is 11.8. The highest BCUT2D eigenvalue weighted by molar-refractivity contribution is 6.59. The minimum Gasteiger partial charge on any atom is -0.461 e. The van der Waals surface area contributed by atoms with Crippen LogP contribution in [0, 0.1) is 0 Å². The molecule has 0 aliphatic carbocycles. The molecule has 20 heavy (non-hydrogen) atoms. The number of hydrogen-bond acceptors (Lipinski definition) is 6. The second-order valence-corrected chi connectivity index (χ2v) is 5.08. The number of pyridine rings is 1. The molecule has 1 aromatic rings. The zero-order valence-corrected chi connectivity index (χ0v) is 11.2. The van der Waals surface area contributed by atoms with Crippen LogP contribution in [0.25, 0.3) is 0 Å². The summed E-state index contributed by atoms with van der Waals surface area (Å²) in [6.07, 6.45) is 2.33. The molecular formula is C13H16BNO5. The van der Waals surface area contributed by atoms with Crippen molar-refractivity contribution < 1.29 is 24.3 Å². The molecule has 2 bridgehead atoms. The van der Waals surface area contributed by atoms with E-state index in [0.717, 1.165) is 18.4 Å². The molecular weight excluding hydrogens is 261 g/mol. The fourth-order valence-corrected chi connectivity index (χ4v) is 2.93. The van der Waals surface area contributed by atoms with E-state index in [1.807, 2.05) is 0 Å². The van der Waals surface area contributed by atoms with Crippen molar-refractivity contribution in [3.05, 3.63) is 23.0 Å². The summed E-state index contributed by atoms with van der Waals surface area (Å²) in [5, 5.41) is 19.1. The second kappa shape index (κ2) is 5.16. The van der Waals surface area contributed by atoms with Gasteiger partial charge < -0.3 is 19.5 Å². The van der Waals surface area contributed by atoms with E-state index in [4.69, 9.17) is 9.47 Å². The van der Waals surface area contributed by atoms with Crippen molar-refractivity contribution in [3.63, 3.8) is 0 Å². The average Bonchev–Trinajstić information content (AvgIpc) is 2.81. The summed E-state index contributed by atoms with van der Waals surface area (Å²) in [5.74, 6) is -0.558. The molecule has 0 aromatic carbocycles. The first-order valence-electron chi connectivity index (χ1n) is 6.82. The van der Waals surface area contributed by atoms with Crippen molar-refractivity contribution in [3.8, 4) is 0 Å². The van der Waals surface area contributed by atoms with Gasteiger partial charge in [-0.1, -0.05) is 0 Å². The number of nitrogens with zero attached hydrogens (tertiary/aromatic N) is 1. The van der Waals surface area contributed by atoms with Gasteiger partial charge in [0.1, 0.15) is 11.8 Å². The monoisotopic (exact) mass is 277 g/mol. The number of esters is 1. The van der Waals surface area contributed by atoms with Crippen LogP contribution in [0.3, 0.4) is 0 Å². The lowest BCUT2D eigenvalue weighted by atomic mass is 9.74. The Balaban J connectivity index is 2.08. The van der Waals surface area contributed by atoms with E-state index >= 15 is 0 Å². The van der Waals surface area contributed by atoms with Gasteiger partial charge in [0.15, 0.2) is 0 Å². The van der Waals surface area contributed by atoms with E-state index in [1.54, 1.807) is 6.92 Å². The van der Waals surface area contributed by atoms with Crippen LogP contribution in [0.5, 0.6) is 0 Å². The van der Waals surface area contributed by atoms with Gasteiger partial charge in [0.25, 0.3) is 0 Å². The zero-order valence-electron chi connectivity index (χ0n) is 11.2. The van der Waals surface area contributed by atoms with Crippen LogP contribution in [0.4, 0.5) is 0 Å². The number of carbonyl (C=O) groups excluding carboxylic acids is 1. The van der Waals surface area contributed by atoms with E-state index in [1.165, 1.54) is 6.07 Å². The predicted molar refractivity (Wildman–Crippen MR) is 70.6 cm³/mol. The normalized spacial score (nSPS) is 23.4. The number of rotatable bonds is 3. The van der Waals surface area contributed by atoms with E-state index < -0.39 is 13.1 Å². The van der Waals surface area contributed by atoms with Gasteiger partial charge in [-0.05, 0) is 36.9 Å². The highest BCUT2D eigenvalue weighted by Crippen LogP contribution is 2.39. The summed E-state index contributed by atoms with van der Waals surface area (Å²) >= 11 is 0. The lowest BCUT2D eigenvalue weighted by Crippen LogP contribution is -2.38. The Morgan fingerprint density at radius 1 is 1.55 bits per heavy atom. The number of carbonyl (C=O) groups is 1. The summed E-state index contributed by atoms with van der Waals surface area (Å²) < 4.78 is 10.7. The van der Waals surface area contributed by atoms with Crippen molar-refractivity contribution in [2.24, 2.45) is 0 Å². The highest BCUT2D eigenvalue weighted by atomic mass is 16.5. The van der Waals surface area contributed by atoms with Gasteiger partial charge in [-0.2, -0.15) is 0 Å². The summed E-state index contributed by atoms with van der Waals surface area (Å²) in [4.78, 5) is 16.2. The van der Waals surface area contributed by atoms with Crippen LogP contribution in [0.15, 0.2) is 6.07 Å². The number of ether oxygens (including phenoxy) is 2. The Hall–Kier alpha value is -1.44. The van der Waals surface area contributed by atoms with Crippen LogP contribution < -0.4 is 5.46 Å². The first-order chi connectivity index (χ1) is 9.60. The van der Waals surface area contributed by atoms with Crippen LogP contribution >= 0.6 is 0 Å². The van der Waals surface area contributed by atoms with Gasteiger partial charge in [0, 0.05) is 6.42 Å². The molecule has 6 nitrogen and oxygen atoms in total. The van der Waals surface area contributed by atoms with Gasteiger partial charge >= 0.3 is 13.1 Å². The topological polar surface area (TPSA) is 88.9 Å². The fraction of sp³-hybridized carbons (Fsp3) is 0.538. The Bertz CT molecular complexity index is 548. The number of hydrogen-bond donors (Lipinski definition) is 2. The number of aromatic nitrogens is 1. The van der Waals surface area contributed by atoms with Gasteiger partial charge in [-0.25, -0.2) is 9.78 Å². The Morgan fingerprint density at radius 2 is 2.35 bits per heavy atom. The van der Waals surface area contributed by atoms with Crippen LogP contribution in [0.2, 0.25) is 0 Å². The molecule has 0 spiro atoms. The lowest BCUT2D eigenvalue weighted by molar-refractivity contribution is 0.0292. The standard InChI is InChI=1S/C13H16BNO5/c1-2-19-13(16)10-6-9(14(17)18)8-5-7-3-4-11(20-7)12(8)15-10/h6-7,11,17-18H,2-5H2,1H3. The summed E-state index contributed by atoms with van der Waals surface area (Å²) in [7, 11) is -1.63. The van der Waals surface area contributed by atoms with Crippen molar-refractivity contribution >= 4 is 18.6 Å². The first kappa shape index (κ1) is 13.5. The predicted octanol–water partition coefficient (Wildman–Crippen LogP) is -0.286. The quantitative estimate of drug-likeness (QED) is 0.583. The molecule has 7 heteroatoms. The van der Waals surface area contributed by atoms with Crippen molar-refractivity contribution in [1.82, 2.24) is 4.98 Å². The van der Waals surface area contributed by atoms with E-state index in [2.05, 4.69) is 4.98 Å². The molecule has 2 atom stereocenters. The highest BCUT2D eigenvalue weighted by Gasteiger charge is 2.38. The molecule has 1 fully saturated rings. The molecule has 3 rings (SSSR count). The Labute approximate surface area is 116 Å². The summed E-state index contributed by atoms with van der Waals surface area (Å²) in [5.41, 5.74) is 1.88. The van der Waals surface area contributed by atoms with E-state index in [-0.39, 0.29) is 24.5 Å². The van der Waals surface area contributed by atoms with E-state index in [9.17, 15) is 14.8 Å². The fourth-order valence-electron chi connectivity index (χ4n) is 2.93. The second-order valence-electron chi connectivity index (χ2n) is 5.08. The minimum atomic E-state index is -1.63. The summed E-state index contributed by atoms with van der Waals surface area (Å²) in [6, 6.07) is 1.41. The summed E-state index contributed by atoms with van der Waals surface area (Å²) in [6.45, 7) is 1.96.